The summed E-state index contributed by atoms with van der Waals surface area (Å²) in [4.78, 5) is 15.2. The average Bonchev–Trinajstić information content (AvgIpc) is 3.39. The zero-order valence-electron chi connectivity index (χ0n) is 15.2. The van der Waals surface area contributed by atoms with E-state index in [9.17, 15) is 18.3 Å². The molecule has 146 valence electrons. The van der Waals surface area contributed by atoms with Crippen LogP contribution in [0, 0.1) is 5.92 Å². The number of pyridine rings is 1. The molecule has 2 aromatic heterocycles. The fraction of sp³-hybridized carbons (Fsp3) is 0.368. The number of aliphatic hydroxyl groups is 1. The molecule has 0 bridgehead atoms. The Labute approximate surface area is 161 Å². The molecule has 3 heterocycles. The smallest absolute Gasteiger partial charge is 0.261 e. The molecule has 3 aromatic rings. The highest BCUT2D eigenvalue weighted by molar-refractivity contribution is 7.92. The van der Waals surface area contributed by atoms with Gasteiger partial charge in [-0.25, -0.2) is 8.42 Å². The predicted octanol–water partition coefficient (Wildman–Crippen LogP) is 2.09. The first-order chi connectivity index (χ1) is 13.4. The number of aliphatic hydroxyl groups excluding tert-OH is 1. The normalized spacial score (nSPS) is 23.1. The van der Waals surface area contributed by atoms with E-state index in [1.807, 2.05) is 10.7 Å². The van der Waals surface area contributed by atoms with Gasteiger partial charge in [0.25, 0.3) is 5.56 Å². The van der Waals surface area contributed by atoms with E-state index in [4.69, 9.17) is 0 Å². The molecular weight excluding hydrogens is 380 g/mol. The molecule has 0 radical (unpaired) electrons. The van der Waals surface area contributed by atoms with Crippen LogP contribution in [0.25, 0.3) is 10.9 Å². The summed E-state index contributed by atoms with van der Waals surface area (Å²) in [5, 5.41) is 17.6. The van der Waals surface area contributed by atoms with E-state index in [-0.39, 0.29) is 10.5 Å². The van der Waals surface area contributed by atoms with Crippen LogP contribution in [-0.4, -0.2) is 33.5 Å². The molecule has 2 atom stereocenters. The van der Waals surface area contributed by atoms with Crippen LogP contribution >= 0.6 is 0 Å². The van der Waals surface area contributed by atoms with Gasteiger partial charge in [-0.2, -0.15) is 5.10 Å². The highest BCUT2D eigenvalue weighted by Gasteiger charge is 2.41. The van der Waals surface area contributed by atoms with Crippen molar-refractivity contribution in [2.75, 3.05) is 5.32 Å². The van der Waals surface area contributed by atoms with E-state index >= 15 is 0 Å². The molecule has 1 aliphatic heterocycles. The van der Waals surface area contributed by atoms with Gasteiger partial charge in [-0.05, 0) is 49.9 Å². The molecule has 9 heteroatoms. The second-order valence-electron chi connectivity index (χ2n) is 7.61. The molecule has 2 aliphatic rings. The van der Waals surface area contributed by atoms with Crippen LogP contribution in [0.1, 0.15) is 31.4 Å². The standard InChI is InChI=1S/C19H20N4O4S/c1-10-17(24)13-8-12(4-5-15(13)28(10,26)27)21-18-16-14(6-7-20-19(16)25)23(22-18)9-11-2-3-11/h4-8,10-11,17,24H,2-3,9H2,1H3,(H,20,25)(H,21,22). The summed E-state index contributed by atoms with van der Waals surface area (Å²) >= 11 is 0. The van der Waals surface area contributed by atoms with Crippen molar-refractivity contribution < 1.29 is 13.5 Å². The molecule has 1 saturated carbocycles. The van der Waals surface area contributed by atoms with Crippen molar-refractivity contribution in [1.29, 1.82) is 0 Å². The van der Waals surface area contributed by atoms with Gasteiger partial charge in [0.15, 0.2) is 15.7 Å². The first-order valence-corrected chi connectivity index (χ1v) is 10.8. The number of fused-ring (bicyclic) bond motifs is 2. The van der Waals surface area contributed by atoms with E-state index < -0.39 is 21.2 Å². The summed E-state index contributed by atoms with van der Waals surface area (Å²) in [7, 11) is -3.52. The molecule has 1 fully saturated rings. The van der Waals surface area contributed by atoms with Gasteiger partial charge in [0.1, 0.15) is 5.39 Å². The van der Waals surface area contributed by atoms with Gasteiger partial charge in [-0.3, -0.25) is 9.48 Å². The Bertz CT molecular complexity index is 1260. The minimum absolute atomic E-state index is 0.153. The average molecular weight is 400 g/mol. The highest BCUT2D eigenvalue weighted by atomic mass is 32.2. The Morgan fingerprint density at radius 1 is 1.32 bits per heavy atom. The first kappa shape index (κ1) is 17.4. The molecule has 28 heavy (non-hydrogen) atoms. The number of aromatic amines is 1. The Kier molecular flexibility index (Phi) is 3.69. The highest BCUT2D eigenvalue weighted by Crippen LogP contribution is 2.40. The maximum absolute atomic E-state index is 12.4. The lowest BCUT2D eigenvalue weighted by Crippen LogP contribution is -2.16. The van der Waals surface area contributed by atoms with Crippen LogP contribution in [-0.2, 0) is 16.4 Å². The Morgan fingerprint density at radius 2 is 2.11 bits per heavy atom. The van der Waals surface area contributed by atoms with Crippen LogP contribution in [0.15, 0.2) is 40.2 Å². The molecule has 0 saturated heterocycles. The number of sulfone groups is 1. The van der Waals surface area contributed by atoms with E-state index in [2.05, 4.69) is 15.4 Å². The van der Waals surface area contributed by atoms with E-state index in [0.717, 1.165) is 12.1 Å². The zero-order valence-corrected chi connectivity index (χ0v) is 16.0. The summed E-state index contributed by atoms with van der Waals surface area (Å²) in [5.41, 5.74) is 1.46. The number of benzene rings is 1. The number of nitrogens with one attached hydrogen (secondary N) is 2. The lowest BCUT2D eigenvalue weighted by Gasteiger charge is -2.08. The molecule has 5 rings (SSSR count). The third kappa shape index (κ3) is 2.57. The molecule has 3 N–H and O–H groups in total. The number of nitrogens with zero attached hydrogens (tertiary/aromatic N) is 2. The van der Waals surface area contributed by atoms with Crippen LogP contribution in [0.5, 0.6) is 0 Å². The molecule has 0 spiro atoms. The van der Waals surface area contributed by atoms with Gasteiger partial charge in [-0.1, -0.05) is 0 Å². The molecular formula is C19H20N4O4S. The van der Waals surface area contributed by atoms with Gasteiger partial charge in [0.2, 0.25) is 0 Å². The largest absolute Gasteiger partial charge is 0.387 e. The van der Waals surface area contributed by atoms with Crippen molar-refractivity contribution in [2.24, 2.45) is 5.92 Å². The quantitative estimate of drug-likeness (QED) is 0.617. The second-order valence-corrected chi connectivity index (χ2v) is 9.89. The van der Waals surface area contributed by atoms with E-state index in [0.29, 0.717) is 28.4 Å². The molecule has 0 amide bonds. The van der Waals surface area contributed by atoms with Crippen molar-refractivity contribution >= 4 is 32.2 Å². The molecule has 1 aromatic carbocycles. The summed E-state index contributed by atoms with van der Waals surface area (Å²) in [5.74, 6) is 1.01. The number of hydrogen-bond donors (Lipinski definition) is 3. The summed E-state index contributed by atoms with van der Waals surface area (Å²) in [6, 6.07) is 6.57. The topological polar surface area (TPSA) is 117 Å². The third-order valence-electron chi connectivity index (χ3n) is 5.63. The maximum Gasteiger partial charge on any atom is 0.261 e. The number of rotatable bonds is 4. The van der Waals surface area contributed by atoms with E-state index in [1.54, 1.807) is 18.3 Å². The third-order valence-corrected chi connectivity index (χ3v) is 7.86. The molecule has 8 nitrogen and oxygen atoms in total. The SMILES string of the molecule is CC1C(O)c2cc(Nc3nn(CC4CC4)c4cc[nH]c(=O)c34)ccc2S1(=O)=O. The Morgan fingerprint density at radius 3 is 2.86 bits per heavy atom. The summed E-state index contributed by atoms with van der Waals surface area (Å²) < 4.78 is 26.6. The monoisotopic (exact) mass is 400 g/mol. The van der Waals surface area contributed by atoms with Crippen molar-refractivity contribution in [3.63, 3.8) is 0 Å². The van der Waals surface area contributed by atoms with Crippen LogP contribution < -0.4 is 10.9 Å². The fourth-order valence-corrected chi connectivity index (χ4v) is 5.44. The summed E-state index contributed by atoms with van der Waals surface area (Å²) in [6.45, 7) is 2.26. The van der Waals surface area contributed by atoms with Crippen molar-refractivity contribution in [2.45, 2.75) is 42.6 Å². The second kappa shape index (κ2) is 5.92. The number of anilines is 2. The number of aromatic nitrogens is 3. The fourth-order valence-electron chi connectivity index (χ4n) is 3.78. The molecule has 1 aliphatic carbocycles. The van der Waals surface area contributed by atoms with Crippen LogP contribution in [0.4, 0.5) is 11.5 Å². The van der Waals surface area contributed by atoms with Gasteiger partial charge in [0, 0.05) is 24.0 Å². The maximum atomic E-state index is 12.4. The van der Waals surface area contributed by atoms with Gasteiger partial charge < -0.3 is 15.4 Å². The van der Waals surface area contributed by atoms with Gasteiger partial charge in [0.05, 0.1) is 21.8 Å². The minimum Gasteiger partial charge on any atom is -0.387 e. The number of H-pyrrole nitrogens is 1. The van der Waals surface area contributed by atoms with Crippen LogP contribution in [0.2, 0.25) is 0 Å². The molecule has 2 unspecified atom stereocenters. The van der Waals surface area contributed by atoms with Crippen molar-refractivity contribution in [3.05, 3.63) is 46.4 Å². The minimum atomic E-state index is -3.52. The Hall–Kier alpha value is -2.65. The van der Waals surface area contributed by atoms with Crippen LogP contribution in [0.3, 0.4) is 0 Å². The van der Waals surface area contributed by atoms with Gasteiger partial charge in [-0.15, -0.1) is 0 Å². The zero-order chi connectivity index (χ0) is 19.6. The Balaban J connectivity index is 1.57. The van der Waals surface area contributed by atoms with Gasteiger partial charge >= 0.3 is 0 Å². The summed E-state index contributed by atoms with van der Waals surface area (Å²) in [6.07, 6.45) is 2.87. The lowest BCUT2D eigenvalue weighted by atomic mass is 10.1. The first-order valence-electron chi connectivity index (χ1n) is 9.27. The van der Waals surface area contributed by atoms with Crippen molar-refractivity contribution in [3.8, 4) is 0 Å². The van der Waals surface area contributed by atoms with E-state index in [1.165, 1.54) is 25.8 Å². The lowest BCUT2D eigenvalue weighted by molar-refractivity contribution is 0.179. The van der Waals surface area contributed by atoms with Crippen molar-refractivity contribution in [1.82, 2.24) is 14.8 Å². The number of hydrogen-bond acceptors (Lipinski definition) is 6. The predicted molar refractivity (Wildman–Crippen MR) is 104 cm³/mol.